The van der Waals surface area contributed by atoms with Crippen molar-refractivity contribution in [3.63, 3.8) is 0 Å². The molecule has 0 unspecified atom stereocenters. The van der Waals surface area contributed by atoms with Crippen LogP contribution in [-0.2, 0) is 4.74 Å². The first-order valence-corrected chi connectivity index (χ1v) is 4.72. The van der Waals surface area contributed by atoms with Gasteiger partial charge in [0.1, 0.15) is 6.07 Å². The van der Waals surface area contributed by atoms with E-state index in [0.29, 0.717) is 11.4 Å². The second-order valence-corrected chi connectivity index (χ2v) is 3.39. The van der Waals surface area contributed by atoms with Gasteiger partial charge in [-0.3, -0.25) is 0 Å². The highest BCUT2D eigenvalue weighted by Crippen LogP contribution is 2.03. The predicted octanol–water partition coefficient (Wildman–Crippen LogP) is 2.36. The maximum atomic E-state index is 5.24. The highest BCUT2D eigenvalue weighted by molar-refractivity contribution is 9.12. The molecule has 0 rings (SSSR count). The van der Waals surface area contributed by atoms with Crippen LogP contribution in [0.25, 0.3) is 0 Å². The van der Waals surface area contributed by atoms with Gasteiger partial charge >= 0.3 is 0 Å². The van der Waals surface area contributed by atoms with Crippen LogP contribution >= 0.6 is 43.5 Å². The maximum Gasteiger partial charge on any atom is 0.120 e. The lowest BCUT2D eigenvalue weighted by Crippen LogP contribution is -2.08. The van der Waals surface area contributed by atoms with Crippen LogP contribution in [0.1, 0.15) is 0 Å². The molecule has 0 aliphatic rings. The van der Waals surface area contributed by atoms with E-state index in [0.717, 1.165) is 5.33 Å². The van der Waals surface area contributed by atoms with Crippen LogP contribution in [0.15, 0.2) is 0 Å². The fraction of sp³-hybridized carbons (Fsp3) is 1.00. The molecule has 0 amide bonds. The molecule has 0 saturated carbocycles. The molecule has 0 bridgehead atoms. The molecule has 0 aromatic carbocycles. The lowest BCUT2D eigenvalue weighted by Gasteiger charge is -2.02. The van der Waals surface area contributed by atoms with Crippen molar-refractivity contribution in [3.8, 4) is 0 Å². The van der Waals surface area contributed by atoms with Crippen molar-refractivity contribution in [3.05, 3.63) is 0 Å². The SMILES string of the molecule is ClCOC[C@H](Br)CBr. The summed E-state index contributed by atoms with van der Waals surface area (Å²) in [5, 5.41) is 0.893. The zero-order valence-electron chi connectivity index (χ0n) is 4.24. The van der Waals surface area contributed by atoms with E-state index >= 15 is 0 Å². The molecule has 8 heavy (non-hydrogen) atoms. The van der Waals surface area contributed by atoms with E-state index in [4.69, 9.17) is 16.3 Å². The number of hydrogen-bond donors (Lipinski definition) is 0. The molecule has 0 saturated heterocycles. The van der Waals surface area contributed by atoms with E-state index in [1.165, 1.54) is 0 Å². The lowest BCUT2D eigenvalue weighted by molar-refractivity contribution is 0.185. The number of halogens is 3. The summed E-state index contributed by atoms with van der Waals surface area (Å²) in [6.07, 6.45) is 0. The molecule has 0 aromatic heterocycles. The highest BCUT2D eigenvalue weighted by Gasteiger charge is 1.98. The van der Waals surface area contributed by atoms with Gasteiger partial charge in [-0.1, -0.05) is 43.5 Å². The van der Waals surface area contributed by atoms with Gasteiger partial charge in [0.2, 0.25) is 0 Å². The van der Waals surface area contributed by atoms with Gasteiger partial charge in [-0.05, 0) is 0 Å². The Morgan fingerprint density at radius 3 is 2.62 bits per heavy atom. The summed E-state index contributed by atoms with van der Waals surface area (Å²) in [6, 6.07) is 0.273. The molecular formula is C4H7Br2ClO. The van der Waals surface area contributed by atoms with Crippen LogP contribution in [-0.4, -0.2) is 22.8 Å². The van der Waals surface area contributed by atoms with Crippen LogP contribution in [0.5, 0.6) is 0 Å². The van der Waals surface area contributed by atoms with Gasteiger partial charge in [0, 0.05) is 10.2 Å². The van der Waals surface area contributed by atoms with Gasteiger partial charge in [0.15, 0.2) is 0 Å². The van der Waals surface area contributed by atoms with Gasteiger partial charge in [0.05, 0.1) is 6.61 Å². The standard InChI is InChI=1S/C4H7Br2ClO/c5-1-4(6)2-8-3-7/h4H,1-3H2/t4-/m1/s1. The number of ether oxygens (including phenoxy) is 1. The smallest absolute Gasteiger partial charge is 0.120 e. The molecule has 4 heteroatoms. The molecule has 50 valence electrons. The van der Waals surface area contributed by atoms with Crippen molar-refractivity contribution < 1.29 is 4.74 Å². The summed E-state index contributed by atoms with van der Waals surface area (Å²) in [7, 11) is 0. The van der Waals surface area contributed by atoms with E-state index in [2.05, 4.69) is 31.9 Å². The third kappa shape index (κ3) is 5.35. The zero-order valence-corrected chi connectivity index (χ0v) is 8.17. The molecule has 1 atom stereocenters. The summed E-state index contributed by atoms with van der Waals surface area (Å²) in [5.41, 5.74) is 0. The van der Waals surface area contributed by atoms with Crippen LogP contribution in [0.3, 0.4) is 0 Å². The molecule has 0 heterocycles. The normalized spacial score (nSPS) is 13.9. The van der Waals surface area contributed by atoms with Crippen molar-refractivity contribution in [2.45, 2.75) is 4.83 Å². The Bertz CT molecular complexity index is 53.3. The lowest BCUT2D eigenvalue weighted by atomic mass is 10.5. The largest absolute Gasteiger partial charge is 0.365 e. The third-order valence-electron chi connectivity index (χ3n) is 0.543. The molecule has 0 spiro atoms. The van der Waals surface area contributed by atoms with Crippen molar-refractivity contribution in [1.82, 2.24) is 0 Å². The van der Waals surface area contributed by atoms with Gasteiger partial charge < -0.3 is 4.74 Å². The molecule has 1 nitrogen and oxygen atoms in total. The van der Waals surface area contributed by atoms with Crippen LogP contribution < -0.4 is 0 Å². The Hall–Kier alpha value is 1.21. The van der Waals surface area contributed by atoms with Crippen molar-refractivity contribution in [1.29, 1.82) is 0 Å². The van der Waals surface area contributed by atoms with Crippen LogP contribution in [0.4, 0.5) is 0 Å². The topological polar surface area (TPSA) is 9.23 Å². The van der Waals surface area contributed by atoms with E-state index in [-0.39, 0.29) is 6.07 Å². The minimum atomic E-state index is 0.273. The van der Waals surface area contributed by atoms with E-state index in [9.17, 15) is 0 Å². The van der Waals surface area contributed by atoms with E-state index in [1.807, 2.05) is 0 Å². The third-order valence-corrected chi connectivity index (χ3v) is 2.94. The molecule has 0 aliphatic carbocycles. The van der Waals surface area contributed by atoms with Crippen molar-refractivity contribution in [2.75, 3.05) is 18.0 Å². The Labute approximate surface area is 71.0 Å². The summed E-state index contributed by atoms with van der Waals surface area (Å²) in [4.78, 5) is 0.376. The first kappa shape index (κ1) is 9.21. The fourth-order valence-corrected chi connectivity index (χ4v) is 0.680. The number of hydrogen-bond acceptors (Lipinski definition) is 1. The van der Waals surface area contributed by atoms with Crippen LogP contribution in [0.2, 0.25) is 0 Å². The summed E-state index contributed by atoms with van der Waals surface area (Å²) in [5.74, 6) is 0. The molecule has 0 aromatic rings. The first-order chi connectivity index (χ1) is 3.81. The minimum Gasteiger partial charge on any atom is -0.365 e. The quantitative estimate of drug-likeness (QED) is 0.710. The summed E-state index contributed by atoms with van der Waals surface area (Å²) >= 11 is 11.9. The predicted molar refractivity (Wildman–Crippen MR) is 43.2 cm³/mol. The second-order valence-electron chi connectivity index (χ2n) is 1.23. The summed E-state index contributed by atoms with van der Waals surface area (Å²) in [6.45, 7) is 0.661. The average molecular weight is 266 g/mol. The first-order valence-electron chi connectivity index (χ1n) is 2.15. The Morgan fingerprint density at radius 2 is 2.25 bits per heavy atom. The molecule has 0 fully saturated rings. The van der Waals surface area contributed by atoms with Crippen molar-refractivity contribution in [2.24, 2.45) is 0 Å². The second kappa shape index (κ2) is 6.33. The fourth-order valence-electron chi connectivity index (χ4n) is 0.217. The zero-order chi connectivity index (χ0) is 6.41. The Balaban J connectivity index is 2.86. The van der Waals surface area contributed by atoms with Gasteiger partial charge in [-0.2, -0.15) is 0 Å². The Morgan fingerprint density at radius 1 is 1.62 bits per heavy atom. The maximum absolute atomic E-state index is 5.24. The van der Waals surface area contributed by atoms with E-state index < -0.39 is 0 Å². The highest BCUT2D eigenvalue weighted by atomic mass is 79.9. The molecule has 0 radical (unpaired) electrons. The monoisotopic (exact) mass is 264 g/mol. The minimum absolute atomic E-state index is 0.273. The van der Waals surface area contributed by atoms with Crippen LogP contribution in [0, 0.1) is 0 Å². The van der Waals surface area contributed by atoms with E-state index in [1.54, 1.807) is 0 Å². The van der Waals surface area contributed by atoms with Crippen molar-refractivity contribution >= 4 is 43.5 Å². The van der Waals surface area contributed by atoms with Gasteiger partial charge in [0.25, 0.3) is 0 Å². The molecule has 0 aliphatic heterocycles. The average Bonchev–Trinajstić information content (AvgIpc) is 1.83. The molecular weight excluding hydrogens is 259 g/mol. The number of alkyl halides is 3. The van der Waals surface area contributed by atoms with Gasteiger partial charge in [-0.25, -0.2) is 0 Å². The Kier molecular flexibility index (Phi) is 7.29. The van der Waals surface area contributed by atoms with Gasteiger partial charge in [-0.15, -0.1) is 0 Å². The summed E-state index contributed by atoms with van der Waals surface area (Å²) < 4.78 is 4.87. The molecule has 0 N–H and O–H groups in total. The number of rotatable bonds is 4.